The average Bonchev–Trinajstić information content (AvgIpc) is 3.08. The molecule has 3 nitrogen and oxygen atoms in total. The van der Waals surface area contributed by atoms with Gasteiger partial charge in [0.25, 0.3) is 0 Å². The standard InChI is InChI=1S/C17H20O3/c1-11(18)14-5-2-12(3-6-14)10-20-17(19)16-9-13-4-7-15(16)8-13/h2-3,5-6,13,15-16H,4,7-10H2,1H3. The van der Waals surface area contributed by atoms with Gasteiger partial charge in [0.2, 0.25) is 0 Å². The average molecular weight is 272 g/mol. The molecule has 0 spiro atoms. The van der Waals surface area contributed by atoms with Gasteiger partial charge in [0.15, 0.2) is 5.78 Å². The van der Waals surface area contributed by atoms with Crippen LogP contribution >= 0.6 is 0 Å². The Hall–Kier alpha value is -1.64. The van der Waals surface area contributed by atoms with Gasteiger partial charge in [-0.25, -0.2) is 0 Å². The van der Waals surface area contributed by atoms with E-state index in [-0.39, 0.29) is 17.7 Å². The minimum Gasteiger partial charge on any atom is -0.461 e. The van der Waals surface area contributed by atoms with Gasteiger partial charge in [-0.3, -0.25) is 9.59 Å². The van der Waals surface area contributed by atoms with Crippen molar-refractivity contribution in [2.45, 2.75) is 39.2 Å². The van der Waals surface area contributed by atoms with E-state index in [0.29, 0.717) is 18.1 Å². The van der Waals surface area contributed by atoms with Crippen molar-refractivity contribution < 1.29 is 14.3 Å². The Morgan fingerprint density at radius 2 is 1.90 bits per heavy atom. The predicted octanol–water partition coefficient (Wildman–Crippen LogP) is 3.37. The van der Waals surface area contributed by atoms with E-state index in [0.717, 1.165) is 17.9 Å². The maximum absolute atomic E-state index is 12.1. The molecule has 2 fully saturated rings. The van der Waals surface area contributed by atoms with E-state index in [4.69, 9.17) is 4.74 Å². The van der Waals surface area contributed by atoms with Crippen LogP contribution in [0.1, 0.15) is 48.5 Å². The molecule has 2 aliphatic rings. The first kappa shape index (κ1) is 13.3. The number of hydrogen-bond acceptors (Lipinski definition) is 3. The van der Waals surface area contributed by atoms with E-state index in [2.05, 4.69) is 0 Å². The molecule has 3 atom stereocenters. The summed E-state index contributed by atoms with van der Waals surface area (Å²) >= 11 is 0. The van der Waals surface area contributed by atoms with Crippen LogP contribution in [0.15, 0.2) is 24.3 Å². The molecule has 2 aliphatic carbocycles. The van der Waals surface area contributed by atoms with Crippen LogP contribution in [0, 0.1) is 17.8 Å². The summed E-state index contributed by atoms with van der Waals surface area (Å²) in [4.78, 5) is 23.3. The van der Waals surface area contributed by atoms with Crippen molar-refractivity contribution in [3.8, 4) is 0 Å². The molecule has 0 radical (unpaired) electrons. The second kappa shape index (κ2) is 5.39. The molecule has 0 aliphatic heterocycles. The maximum Gasteiger partial charge on any atom is 0.309 e. The van der Waals surface area contributed by atoms with Gasteiger partial charge in [-0.15, -0.1) is 0 Å². The van der Waals surface area contributed by atoms with Gasteiger partial charge >= 0.3 is 5.97 Å². The van der Waals surface area contributed by atoms with E-state index in [9.17, 15) is 9.59 Å². The Morgan fingerprint density at radius 1 is 1.15 bits per heavy atom. The molecule has 20 heavy (non-hydrogen) atoms. The fraction of sp³-hybridized carbons (Fsp3) is 0.529. The highest BCUT2D eigenvalue weighted by molar-refractivity contribution is 5.94. The fourth-order valence-electron chi connectivity index (χ4n) is 3.63. The van der Waals surface area contributed by atoms with Crippen LogP contribution in [0.25, 0.3) is 0 Å². The summed E-state index contributed by atoms with van der Waals surface area (Å²) in [7, 11) is 0. The molecular formula is C17H20O3. The van der Waals surface area contributed by atoms with E-state index in [1.807, 2.05) is 12.1 Å². The first-order valence-electron chi connectivity index (χ1n) is 7.40. The minimum atomic E-state index is -0.0344. The molecular weight excluding hydrogens is 252 g/mol. The number of ketones is 1. The second-order valence-electron chi connectivity index (χ2n) is 6.14. The Bertz CT molecular complexity index is 518. The van der Waals surface area contributed by atoms with Crippen molar-refractivity contribution in [1.82, 2.24) is 0 Å². The molecule has 0 heterocycles. The van der Waals surface area contributed by atoms with Crippen LogP contribution in [0.4, 0.5) is 0 Å². The highest BCUT2D eigenvalue weighted by Gasteiger charge is 2.43. The topological polar surface area (TPSA) is 43.4 Å². The summed E-state index contributed by atoms with van der Waals surface area (Å²) in [5.74, 6) is 1.47. The second-order valence-corrected chi connectivity index (χ2v) is 6.14. The Labute approximate surface area is 119 Å². The highest BCUT2D eigenvalue weighted by Crippen LogP contribution is 2.48. The van der Waals surface area contributed by atoms with Crippen LogP contribution in [-0.2, 0) is 16.1 Å². The zero-order valence-electron chi connectivity index (χ0n) is 11.8. The highest BCUT2D eigenvalue weighted by atomic mass is 16.5. The van der Waals surface area contributed by atoms with Gasteiger partial charge in [-0.05, 0) is 43.6 Å². The van der Waals surface area contributed by atoms with Gasteiger partial charge in [0.05, 0.1) is 5.92 Å². The van der Waals surface area contributed by atoms with Gasteiger partial charge in [-0.2, -0.15) is 0 Å². The van der Waals surface area contributed by atoms with Crippen LogP contribution in [-0.4, -0.2) is 11.8 Å². The number of Topliss-reactive ketones (excluding diaryl/α,β-unsaturated/α-hetero) is 1. The molecule has 1 aromatic carbocycles. The smallest absolute Gasteiger partial charge is 0.309 e. The largest absolute Gasteiger partial charge is 0.461 e. The minimum absolute atomic E-state index is 0.0344. The number of carbonyl (C=O) groups excluding carboxylic acids is 2. The molecule has 3 unspecified atom stereocenters. The van der Waals surface area contributed by atoms with Crippen LogP contribution in [0.2, 0.25) is 0 Å². The van der Waals surface area contributed by atoms with Crippen molar-refractivity contribution in [2.75, 3.05) is 0 Å². The third kappa shape index (κ3) is 2.62. The molecule has 0 N–H and O–H groups in total. The first-order chi connectivity index (χ1) is 9.63. The summed E-state index contributed by atoms with van der Waals surface area (Å²) in [6.07, 6.45) is 4.72. The molecule has 0 saturated heterocycles. The lowest BCUT2D eigenvalue weighted by Gasteiger charge is -2.19. The zero-order valence-corrected chi connectivity index (χ0v) is 11.8. The molecule has 0 amide bonds. The number of rotatable bonds is 4. The van der Waals surface area contributed by atoms with Gasteiger partial charge < -0.3 is 4.74 Å². The number of ether oxygens (including phenoxy) is 1. The van der Waals surface area contributed by atoms with Crippen molar-refractivity contribution in [1.29, 1.82) is 0 Å². The summed E-state index contributed by atoms with van der Waals surface area (Å²) in [5, 5.41) is 0. The lowest BCUT2D eigenvalue weighted by Crippen LogP contribution is -2.23. The lowest BCUT2D eigenvalue weighted by atomic mass is 9.89. The third-order valence-electron chi connectivity index (χ3n) is 4.78. The Kier molecular flexibility index (Phi) is 3.60. The number of benzene rings is 1. The molecule has 106 valence electrons. The molecule has 1 aromatic rings. The Morgan fingerprint density at radius 3 is 2.45 bits per heavy atom. The van der Waals surface area contributed by atoms with Gasteiger partial charge in [0.1, 0.15) is 6.61 Å². The van der Waals surface area contributed by atoms with E-state index < -0.39 is 0 Å². The fourth-order valence-corrected chi connectivity index (χ4v) is 3.63. The van der Waals surface area contributed by atoms with Gasteiger partial charge in [-0.1, -0.05) is 30.7 Å². The van der Waals surface area contributed by atoms with E-state index >= 15 is 0 Å². The summed E-state index contributed by atoms with van der Waals surface area (Å²) in [6, 6.07) is 7.27. The van der Waals surface area contributed by atoms with E-state index in [1.165, 1.54) is 19.3 Å². The number of hydrogen-bond donors (Lipinski definition) is 0. The number of esters is 1. The van der Waals surface area contributed by atoms with E-state index in [1.54, 1.807) is 19.1 Å². The molecule has 3 rings (SSSR count). The lowest BCUT2D eigenvalue weighted by molar-refractivity contribution is -0.151. The quantitative estimate of drug-likeness (QED) is 0.623. The van der Waals surface area contributed by atoms with Gasteiger partial charge in [0, 0.05) is 5.56 Å². The summed E-state index contributed by atoms with van der Waals surface area (Å²) in [6.45, 7) is 1.86. The van der Waals surface area contributed by atoms with Crippen molar-refractivity contribution in [3.63, 3.8) is 0 Å². The maximum atomic E-state index is 12.1. The number of carbonyl (C=O) groups is 2. The summed E-state index contributed by atoms with van der Waals surface area (Å²) < 4.78 is 5.44. The third-order valence-corrected chi connectivity index (χ3v) is 4.78. The molecule has 2 bridgehead atoms. The van der Waals surface area contributed by atoms with Crippen LogP contribution in [0.3, 0.4) is 0 Å². The SMILES string of the molecule is CC(=O)c1ccc(COC(=O)C2CC3CCC2C3)cc1. The van der Waals surface area contributed by atoms with Crippen LogP contribution in [0.5, 0.6) is 0 Å². The van der Waals surface area contributed by atoms with Crippen molar-refractivity contribution in [3.05, 3.63) is 35.4 Å². The number of fused-ring (bicyclic) bond motifs is 2. The molecule has 3 heteroatoms. The Balaban J connectivity index is 1.54. The van der Waals surface area contributed by atoms with Crippen molar-refractivity contribution in [2.24, 2.45) is 17.8 Å². The zero-order chi connectivity index (χ0) is 14.1. The predicted molar refractivity (Wildman–Crippen MR) is 75.2 cm³/mol. The monoisotopic (exact) mass is 272 g/mol. The normalized spacial score (nSPS) is 27.6. The molecule has 2 saturated carbocycles. The van der Waals surface area contributed by atoms with Crippen molar-refractivity contribution >= 4 is 11.8 Å². The first-order valence-corrected chi connectivity index (χ1v) is 7.40. The molecule has 0 aromatic heterocycles. The summed E-state index contributed by atoms with van der Waals surface area (Å²) in [5.41, 5.74) is 1.62. The van der Waals surface area contributed by atoms with Crippen LogP contribution < -0.4 is 0 Å².